The molecular formula is C23H30N2O. The summed E-state index contributed by atoms with van der Waals surface area (Å²) in [5.74, 6) is 1.95. The Labute approximate surface area is 158 Å². The molecule has 1 atom stereocenters. The molecule has 0 N–H and O–H groups in total. The van der Waals surface area contributed by atoms with Gasteiger partial charge in [0.05, 0.1) is 5.70 Å². The van der Waals surface area contributed by atoms with Gasteiger partial charge in [0.2, 0.25) is 0 Å². The van der Waals surface area contributed by atoms with Crippen molar-refractivity contribution in [1.82, 2.24) is 9.80 Å². The number of piperidine rings is 1. The summed E-state index contributed by atoms with van der Waals surface area (Å²) in [7, 11) is 2.21. The molecular weight excluding hydrogens is 320 g/mol. The summed E-state index contributed by atoms with van der Waals surface area (Å²) < 4.78 is 6.37. The van der Waals surface area contributed by atoms with Crippen molar-refractivity contribution in [3.05, 3.63) is 77.6 Å². The first kappa shape index (κ1) is 18.6. The van der Waals surface area contributed by atoms with Crippen molar-refractivity contribution >= 4 is 0 Å². The molecule has 3 rings (SSSR count). The van der Waals surface area contributed by atoms with Crippen LogP contribution in [-0.2, 0) is 4.74 Å². The van der Waals surface area contributed by atoms with Crippen LogP contribution < -0.4 is 0 Å². The van der Waals surface area contributed by atoms with Gasteiger partial charge in [-0.15, -0.1) is 5.73 Å². The van der Waals surface area contributed by atoms with E-state index in [1.165, 1.54) is 0 Å². The average Bonchev–Trinajstić information content (AvgIpc) is 2.81. The second-order valence-electron chi connectivity index (χ2n) is 7.22. The maximum atomic E-state index is 6.37. The van der Waals surface area contributed by atoms with Gasteiger partial charge < -0.3 is 14.5 Å². The number of allylic oxidation sites excluding steroid dienone is 6. The molecule has 3 heteroatoms. The van der Waals surface area contributed by atoms with Crippen LogP contribution in [0, 0.1) is 0 Å². The molecule has 138 valence electrons. The van der Waals surface area contributed by atoms with Crippen LogP contribution in [0.15, 0.2) is 77.6 Å². The second-order valence-corrected chi connectivity index (χ2v) is 7.22. The molecule has 0 aromatic heterocycles. The summed E-state index contributed by atoms with van der Waals surface area (Å²) in [6.07, 6.45) is 17.8. The minimum absolute atomic E-state index is 0.102. The Hall–Kier alpha value is -2.22. The van der Waals surface area contributed by atoms with Gasteiger partial charge in [-0.2, -0.15) is 0 Å². The van der Waals surface area contributed by atoms with Gasteiger partial charge in [-0.1, -0.05) is 31.7 Å². The topological polar surface area (TPSA) is 15.7 Å². The van der Waals surface area contributed by atoms with Crippen molar-refractivity contribution in [3.8, 4) is 0 Å². The molecule has 1 aliphatic carbocycles. The third kappa shape index (κ3) is 3.95. The molecule has 1 unspecified atom stereocenters. The van der Waals surface area contributed by atoms with Crippen LogP contribution in [0.5, 0.6) is 0 Å². The summed E-state index contributed by atoms with van der Waals surface area (Å²) in [4.78, 5) is 4.96. The minimum Gasteiger partial charge on any atom is -0.457 e. The van der Waals surface area contributed by atoms with Crippen molar-refractivity contribution in [2.45, 2.75) is 45.2 Å². The van der Waals surface area contributed by atoms with Crippen molar-refractivity contribution in [3.63, 3.8) is 0 Å². The Morgan fingerprint density at radius 1 is 1.31 bits per heavy atom. The molecule has 0 saturated carbocycles. The van der Waals surface area contributed by atoms with Gasteiger partial charge in [-0.05, 0) is 70.1 Å². The monoisotopic (exact) mass is 350 g/mol. The van der Waals surface area contributed by atoms with E-state index in [9.17, 15) is 0 Å². The second kappa shape index (κ2) is 8.44. The van der Waals surface area contributed by atoms with Crippen LogP contribution >= 0.6 is 0 Å². The van der Waals surface area contributed by atoms with E-state index in [4.69, 9.17) is 4.74 Å². The summed E-state index contributed by atoms with van der Waals surface area (Å²) in [5.41, 5.74) is 5.62. The van der Waals surface area contributed by atoms with Gasteiger partial charge in [0.15, 0.2) is 5.76 Å². The molecule has 2 aliphatic heterocycles. The Morgan fingerprint density at radius 3 is 2.77 bits per heavy atom. The number of rotatable bonds is 4. The van der Waals surface area contributed by atoms with E-state index in [1.807, 2.05) is 18.2 Å². The van der Waals surface area contributed by atoms with Crippen LogP contribution in [0.3, 0.4) is 0 Å². The van der Waals surface area contributed by atoms with Crippen LogP contribution in [0.4, 0.5) is 0 Å². The van der Waals surface area contributed by atoms with E-state index in [1.54, 1.807) is 0 Å². The highest BCUT2D eigenvalue weighted by Gasteiger charge is 2.36. The largest absolute Gasteiger partial charge is 0.457 e. The molecule has 3 aliphatic rings. The first-order valence-corrected chi connectivity index (χ1v) is 9.63. The lowest BCUT2D eigenvalue weighted by atomic mass is 9.97. The van der Waals surface area contributed by atoms with E-state index in [0.29, 0.717) is 6.04 Å². The number of hydrogen-bond acceptors (Lipinski definition) is 3. The van der Waals surface area contributed by atoms with E-state index in [0.717, 1.165) is 55.1 Å². The fraction of sp³-hybridized carbons (Fsp3) is 0.435. The zero-order chi connectivity index (χ0) is 18.5. The highest BCUT2D eigenvalue weighted by atomic mass is 16.5. The van der Waals surface area contributed by atoms with Gasteiger partial charge in [-0.3, -0.25) is 0 Å². The molecule has 0 bridgehead atoms. The quantitative estimate of drug-likeness (QED) is 0.540. The van der Waals surface area contributed by atoms with Crippen LogP contribution in [0.1, 0.15) is 33.1 Å². The SMILES string of the molecule is C=CC=CC1/C(=C\CC)OC2=C(C=C=CC(C)=C2)N1C1CCN(C)CC1. The van der Waals surface area contributed by atoms with E-state index < -0.39 is 0 Å². The van der Waals surface area contributed by atoms with Crippen LogP contribution in [-0.4, -0.2) is 42.0 Å². The fourth-order valence-electron chi connectivity index (χ4n) is 3.84. The van der Waals surface area contributed by atoms with Gasteiger partial charge in [-0.25, -0.2) is 0 Å². The normalized spacial score (nSPS) is 26.1. The molecule has 0 aromatic carbocycles. The Kier molecular flexibility index (Phi) is 6.03. The minimum atomic E-state index is 0.102. The summed E-state index contributed by atoms with van der Waals surface area (Å²) in [5, 5.41) is 0. The molecule has 3 nitrogen and oxygen atoms in total. The average molecular weight is 351 g/mol. The zero-order valence-corrected chi connectivity index (χ0v) is 16.2. The van der Waals surface area contributed by atoms with E-state index in [-0.39, 0.29) is 6.04 Å². The van der Waals surface area contributed by atoms with Gasteiger partial charge >= 0.3 is 0 Å². The number of nitrogens with zero attached hydrogens (tertiary/aromatic N) is 2. The lowest BCUT2D eigenvalue weighted by molar-refractivity contribution is 0.0960. The van der Waals surface area contributed by atoms with E-state index in [2.05, 4.69) is 67.3 Å². The van der Waals surface area contributed by atoms with Crippen molar-refractivity contribution < 1.29 is 4.74 Å². The maximum Gasteiger partial charge on any atom is 0.151 e. The Bertz CT molecular complexity index is 723. The number of likely N-dealkylation sites (tertiary alicyclic amines) is 1. The first-order valence-electron chi connectivity index (χ1n) is 9.63. The van der Waals surface area contributed by atoms with Crippen LogP contribution in [0.25, 0.3) is 0 Å². The fourth-order valence-corrected chi connectivity index (χ4v) is 3.84. The summed E-state index contributed by atoms with van der Waals surface area (Å²) >= 11 is 0. The van der Waals surface area contributed by atoms with Crippen molar-refractivity contribution in [2.24, 2.45) is 0 Å². The molecule has 0 aromatic rings. The lowest BCUT2D eigenvalue weighted by Gasteiger charge is -2.46. The van der Waals surface area contributed by atoms with Gasteiger partial charge in [0.25, 0.3) is 0 Å². The Morgan fingerprint density at radius 2 is 2.08 bits per heavy atom. The first-order chi connectivity index (χ1) is 12.6. The van der Waals surface area contributed by atoms with Crippen molar-refractivity contribution in [2.75, 3.05) is 20.1 Å². The molecule has 0 spiro atoms. The van der Waals surface area contributed by atoms with Gasteiger partial charge in [0.1, 0.15) is 11.8 Å². The third-order valence-corrected chi connectivity index (χ3v) is 5.16. The lowest BCUT2D eigenvalue weighted by Crippen LogP contribution is -2.49. The van der Waals surface area contributed by atoms with Crippen LogP contribution in [0.2, 0.25) is 0 Å². The van der Waals surface area contributed by atoms with E-state index >= 15 is 0 Å². The zero-order valence-electron chi connectivity index (χ0n) is 16.2. The predicted octanol–water partition coefficient (Wildman–Crippen LogP) is 4.70. The molecule has 0 amide bonds. The highest BCUT2D eigenvalue weighted by Crippen LogP contribution is 2.36. The van der Waals surface area contributed by atoms with Gasteiger partial charge in [0, 0.05) is 12.1 Å². The maximum absolute atomic E-state index is 6.37. The molecule has 1 saturated heterocycles. The standard InChI is InChI=1S/C23H30N2O/c1-5-7-11-20-22(9-6-2)26-23-17-18(3)10-8-12-21(23)25(20)19-13-15-24(4)16-14-19/h5,7,9-12,17,19-20H,1,6,13-16H2,2-4H3/b11-7?,22-9+. The highest BCUT2D eigenvalue weighted by molar-refractivity contribution is 5.42. The molecule has 1 fully saturated rings. The predicted molar refractivity (Wildman–Crippen MR) is 108 cm³/mol. The Balaban J connectivity index is 2.08. The number of ether oxygens (including phenoxy) is 1. The molecule has 2 heterocycles. The smallest absolute Gasteiger partial charge is 0.151 e. The molecule has 0 radical (unpaired) electrons. The summed E-state index contributed by atoms with van der Waals surface area (Å²) in [6, 6.07) is 0.592. The summed E-state index contributed by atoms with van der Waals surface area (Å²) in [6.45, 7) is 10.4. The third-order valence-electron chi connectivity index (χ3n) is 5.16. The van der Waals surface area contributed by atoms with Crippen molar-refractivity contribution in [1.29, 1.82) is 0 Å². The number of hydrogen-bond donors (Lipinski definition) is 0. The molecule has 26 heavy (non-hydrogen) atoms.